The summed E-state index contributed by atoms with van der Waals surface area (Å²) < 4.78 is 12.1. The molecule has 196 valence electrons. The molecule has 6 heteroatoms. The number of likely N-dealkylation sites (tertiary alicyclic amines) is 1. The summed E-state index contributed by atoms with van der Waals surface area (Å²) in [7, 11) is 1.75. The third-order valence-electron chi connectivity index (χ3n) is 6.72. The van der Waals surface area contributed by atoms with Gasteiger partial charge in [0.2, 0.25) is 5.91 Å². The first-order valence-electron chi connectivity index (χ1n) is 13.1. The average molecular weight is 503 g/mol. The van der Waals surface area contributed by atoms with Crippen LogP contribution < -0.4 is 0 Å². The number of hydrogen-bond acceptors (Lipinski definition) is 4. The minimum absolute atomic E-state index is 0.000204. The second-order valence-electron chi connectivity index (χ2n) is 10.8. The fourth-order valence-electron chi connectivity index (χ4n) is 4.83. The molecular formula is C31H38N2O4. The molecule has 0 N–H and O–H groups in total. The first kappa shape index (κ1) is 26.7. The fourth-order valence-corrected chi connectivity index (χ4v) is 4.83. The van der Waals surface area contributed by atoms with Crippen LogP contribution in [0, 0.1) is 0 Å². The number of nitrogens with zero attached hydrogens (tertiary/aromatic N) is 2. The highest BCUT2D eigenvalue weighted by Crippen LogP contribution is 2.36. The monoisotopic (exact) mass is 502 g/mol. The van der Waals surface area contributed by atoms with E-state index in [1.165, 1.54) is 0 Å². The van der Waals surface area contributed by atoms with Gasteiger partial charge >= 0.3 is 6.09 Å². The molecule has 1 aliphatic rings. The molecule has 3 aromatic carbocycles. The van der Waals surface area contributed by atoms with Crippen molar-refractivity contribution in [3.63, 3.8) is 0 Å². The predicted octanol–water partition coefficient (Wildman–Crippen LogP) is 6.17. The van der Waals surface area contributed by atoms with Crippen LogP contribution in [0.1, 0.15) is 56.8 Å². The van der Waals surface area contributed by atoms with E-state index >= 15 is 0 Å². The van der Waals surface area contributed by atoms with E-state index < -0.39 is 17.8 Å². The molecule has 6 nitrogen and oxygen atoms in total. The molecule has 0 aromatic heterocycles. The van der Waals surface area contributed by atoms with Crippen molar-refractivity contribution in [2.24, 2.45) is 0 Å². The van der Waals surface area contributed by atoms with Crippen molar-refractivity contribution in [3.8, 4) is 0 Å². The Bertz CT molecular complexity index is 1200. The highest BCUT2D eigenvalue weighted by Gasteiger charge is 2.31. The standard InChI is InChI=1S/C31H38N2O4/c1-31(2,3)37-30(35)32(4)21-27(26-17-16-23-12-8-9-15-25(23)20-26)29(24-13-6-5-7-14-24)36-22-28(34)33-18-10-11-19-33/h5-9,12-17,20,27,29H,10-11,18-19,21-22H2,1-4H3/t27-,29-/m1/s1. The van der Waals surface area contributed by atoms with Gasteiger partial charge < -0.3 is 19.3 Å². The maximum atomic E-state index is 12.9. The van der Waals surface area contributed by atoms with Crippen LogP contribution in [-0.4, -0.2) is 60.7 Å². The van der Waals surface area contributed by atoms with Crippen LogP contribution in [0.4, 0.5) is 4.79 Å². The van der Waals surface area contributed by atoms with Gasteiger partial charge in [-0.05, 0) is 55.5 Å². The van der Waals surface area contributed by atoms with Crippen molar-refractivity contribution >= 4 is 22.8 Å². The van der Waals surface area contributed by atoms with Crippen LogP contribution in [0.5, 0.6) is 0 Å². The molecule has 0 saturated carbocycles. The second kappa shape index (κ2) is 11.8. The quantitative estimate of drug-likeness (QED) is 0.370. The fraction of sp³-hybridized carbons (Fsp3) is 0.419. The number of carbonyl (C=O) groups excluding carboxylic acids is 2. The van der Waals surface area contributed by atoms with E-state index in [1.807, 2.05) is 68.1 Å². The van der Waals surface area contributed by atoms with Gasteiger partial charge in [-0.3, -0.25) is 4.79 Å². The molecule has 1 heterocycles. The lowest BCUT2D eigenvalue weighted by Crippen LogP contribution is -2.38. The number of ether oxygens (including phenoxy) is 2. The van der Waals surface area contributed by atoms with Crippen LogP contribution in [0.3, 0.4) is 0 Å². The molecule has 3 aromatic rings. The summed E-state index contributed by atoms with van der Waals surface area (Å²) >= 11 is 0. The lowest BCUT2D eigenvalue weighted by atomic mass is 9.87. The van der Waals surface area contributed by atoms with E-state index in [4.69, 9.17) is 9.47 Å². The Morgan fingerprint density at radius 2 is 1.54 bits per heavy atom. The molecule has 1 aliphatic heterocycles. The molecular weight excluding hydrogens is 464 g/mol. The van der Waals surface area contributed by atoms with Gasteiger partial charge in [0.1, 0.15) is 12.2 Å². The zero-order valence-electron chi connectivity index (χ0n) is 22.4. The van der Waals surface area contributed by atoms with Gasteiger partial charge in [-0.1, -0.05) is 72.8 Å². The topological polar surface area (TPSA) is 59.1 Å². The number of likely N-dealkylation sites (N-methyl/N-ethyl adjacent to an activating group) is 1. The van der Waals surface area contributed by atoms with Gasteiger partial charge in [0.25, 0.3) is 0 Å². The van der Waals surface area contributed by atoms with Crippen molar-refractivity contribution < 1.29 is 19.1 Å². The zero-order chi connectivity index (χ0) is 26.4. The molecule has 4 rings (SSSR count). The van der Waals surface area contributed by atoms with Crippen molar-refractivity contribution in [2.45, 2.75) is 51.2 Å². The van der Waals surface area contributed by atoms with Crippen LogP contribution in [0.2, 0.25) is 0 Å². The summed E-state index contributed by atoms with van der Waals surface area (Å²) in [5.74, 6) is -0.216. The molecule has 0 bridgehead atoms. The van der Waals surface area contributed by atoms with Crippen LogP contribution in [0.25, 0.3) is 10.8 Å². The number of fused-ring (bicyclic) bond motifs is 1. The van der Waals surface area contributed by atoms with Crippen molar-refractivity contribution in [1.82, 2.24) is 9.80 Å². The average Bonchev–Trinajstić information content (AvgIpc) is 3.42. The van der Waals surface area contributed by atoms with E-state index in [-0.39, 0.29) is 18.4 Å². The second-order valence-corrected chi connectivity index (χ2v) is 10.8. The minimum Gasteiger partial charge on any atom is -0.444 e. The van der Waals surface area contributed by atoms with Crippen LogP contribution >= 0.6 is 0 Å². The maximum Gasteiger partial charge on any atom is 0.410 e. The van der Waals surface area contributed by atoms with Crippen molar-refractivity contribution in [3.05, 3.63) is 83.9 Å². The van der Waals surface area contributed by atoms with E-state index in [1.54, 1.807) is 11.9 Å². The third-order valence-corrected chi connectivity index (χ3v) is 6.72. The summed E-state index contributed by atoms with van der Waals surface area (Å²) in [6.45, 7) is 7.52. The Kier molecular flexibility index (Phi) is 8.49. The molecule has 37 heavy (non-hydrogen) atoms. The van der Waals surface area contributed by atoms with Crippen LogP contribution in [-0.2, 0) is 14.3 Å². The van der Waals surface area contributed by atoms with Crippen molar-refractivity contribution in [2.75, 3.05) is 33.3 Å². The van der Waals surface area contributed by atoms with Gasteiger partial charge in [-0.2, -0.15) is 0 Å². The van der Waals surface area contributed by atoms with Gasteiger partial charge in [0.05, 0.1) is 6.10 Å². The first-order chi connectivity index (χ1) is 17.7. The first-order valence-corrected chi connectivity index (χ1v) is 13.1. The van der Waals surface area contributed by atoms with E-state index in [0.29, 0.717) is 6.54 Å². The minimum atomic E-state index is -0.596. The summed E-state index contributed by atoms with van der Waals surface area (Å²) in [6.07, 6.45) is 1.25. The summed E-state index contributed by atoms with van der Waals surface area (Å²) in [4.78, 5) is 29.3. The van der Waals surface area contributed by atoms with E-state index in [9.17, 15) is 9.59 Å². The third kappa shape index (κ3) is 7.10. The van der Waals surface area contributed by atoms with E-state index in [2.05, 4.69) is 30.3 Å². The molecule has 2 atom stereocenters. The molecule has 2 amide bonds. The Morgan fingerprint density at radius 1 is 0.892 bits per heavy atom. The van der Waals surface area contributed by atoms with Gasteiger partial charge in [-0.15, -0.1) is 0 Å². The van der Waals surface area contributed by atoms with Crippen LogP contribution in [0.15, 0.2) is 72.8 Å². The predicted molar refractivity (Wildman–Crippen MR) is 147 cm³/mol. The lowest BCUT2D eigenvalue weighted by molar-refractivity contribution is -0.138. The lowest BCUT2D eigenvalue weighted by Gasteiger charge is -2.33. The molecule has 0 spiro atoms. The Labute approximate surface area is 220 Å². The number of rotatable bonds is 8. The molecule has 1 fully saturated rings. The Morgan fingerprint density at radius 3 is 2.22 bits per heavy atom. The maximum absolute atomic E-state index is 12.9. The molecule has 0 radical (unpaired) electrons. The summed E-state index contributed by atoms with van der Waals surface area (Å²) in [5, 5.41) is 2.26. The Hall–Kier alpha value is -3.38. The summed E-state index contributed by atoms with van der Waals surface area (Å²) in [6, 6.07) is 24.5. The highest BCUT2D eigenvalue weighted by molar-refractivity contribution is 5.83. The smallest absolute Gasteiger partial charge is 0.410 e. The SMILES string of the molecule is CN(C[C@H](c1ccc2ccccc2c1)[C@H](OCC(=O)N1CCCC1)c1ccccc1)C(=O)OC(C)(C)C. The molecule has 0 aliphatic carbocycles. The van der Waals surface area contributed by atoms with E-state index in [0.717, 1.165) is 47.8 Å². The molecule has 1 saturated heterocycles. The summed E-state index contributed by atoms with van der Waals surface area (Å²) in [5.41, 5.74) is 1.41. The normalized spacial score (nSPS) is 15.4. The largest absolute Gasteiger partial charge is 0.444 e. The van der Waals surface area contributed by atoms with Gasteiger partial charge in [0.15, 0.2) is 0 Å². The van der Waals surface area contributed by atoms with Gasteiger partial charge in [0, 0.05) is 32.6 Å². The highest BCUT2D eigenvalue weighted by atomic mass is 16.6. The number of amides is 2. The number of benzene rings is 3. The van der Waals surface area contributed by atoms with Gasteiger partial charge in [-0.25, -0.2) is 4.79 Å². The number of hydrogen-bond donors (Lipinski definition) is 0. The zero-order valence-corrected chi connectivity index (χ0v) is 22.4. The number of carbonyl (C=O) groups is 2. The molecule has 0 unspecified atom stereocenters. The van der Waals surface area contributed by atoms with Crippen molar-refractivity contribution in [1.29, 1.82) is 0 Å². The Balaban J connectivity index is 1.68.